The molecule has 10 heavy (non-hydrogen) atoms. The number of nitrogens with zero attached hydrogens (tertiary/aromatic N) is 1. The summed E-state index contributed by atoms with van der Waals surface area (Å²) in [7, 11) is 0. The van der Waals surface area contributed by atoms with Gasteiger partial charge in [-0.25, -0.2) is 4.37 Å². The van der Waals surface area contributed by atoms with Crippen LogP contribution in [0, 0.1) is 5.41 Å². The highest BCUT2D eigenvalue weighted by molar-refractivity contribution is 7.03. The van der Waals surface area contributed by atoms with E-state index in [-0.39, 0.29) is 5.90 Å². The topological polar surface area (TPSA) is 46.0 Å². The van der Waals surface area contributed by atoms with E-state index in [0.717, 1.165) is 5.56 Å². The Kier molecular flexibility index (Phi) is 2.39. The van der Waals surface area contributed by atoms with Crippen molar-refractivity contribution >= 4 is 17.4 Å². The molecule has 1 aromatic rings. The second-order valence-electron chi connectivity index (χ2n) is 1.68. The third-order valence-electron chi connectivity index (χ3n) is 0.983. The second-order valence-corrected chi connectivity index (χ2v) is 2.33. The lowest BCUT2D eigenvalue weighted by Crippen LogP contribution is -2.02. The minimum Gasteiger partial charge on any atom is -0.478 e. The molecule has 0 unspecified atom stereocenters. The predicted molar refractivity (Wildman–Crippen MR) is 40.6 cm³/mol. The second kappa shape index (κ2) is 3.31. The van der Waals surface area contributed by atoms with Crippen molar-refractivity contribution in [2.24, 2.45) is 0 Å². The molecule has 0 atom stereocenters. The van der Waals surface area contributed by atoms with Crippen molar-refractivity contribution in [1.29, 1.82) is 5.41 Å². The zero-order valence-corrected chi connectivity index (χ0v) is 6.44. The molecule has 1 heterocycles. The normalized spacial score (nSPS) is 9.30. The molecule has 1 N–H and O–H groups in total. The molecule has 0 aliphatic carbocycles. The summed E-state index contributed by atoms with van der Waals surface area (Å²) in [6.07, 6.45) is 1.63. The number of aromatic nitrogens is 1. The minimum atomic E-state index is 0.205. The average Bonchev–Trinajstić information content (AvgIpc) is 2.38. The summed E-state index contributed by atoms with van der Waals surface area (Å²) < 4.78 is 8.78. The van der Waals surface area contributed by atoms with Crippen LogP contribution in [0.2, 0.25) is 0 Å². The van der Waals surface area contributed by atoms with Crippen molar-refractivity contribution in [1.82, 2.24) is 4.37 Å². The Balaban J connectivity index is 2.59. The molecule has 0 bridgehead atoms. The van der Waals surface area contributed by atoms with Crippen LogP contribution < -0.4 is 0 Å². The lowest BCUT2D eigenvalue weighted by atomic mass is 10.4. The van der Waals surface area contributed by atoms with Crippen LogP contribution >= 0.6 is 11.5 Å². The maximum absolute atomic E-state index is 7.29. The highest BCUT2D eigenvalue weighted by Gasteiger charge is 2.00. The van der Waals surface area contributed by atoms with Crippen LogP contribution in [0.4, 0.5) is 0 Å². The van der Waals surface area contributed by atoms with Crippen molar-refractivity contribution in [3.05, 3.63) is 17.1 Å². The van der Waals surface area contributed by atoms with Crippen LogP contribution in [0.3, 0.4) is 0 Å². The van der Waals surface area contributed by atoms with E-state index in [4.69, 9.17) is 10.1 Å². The number of ether oxygens (including phenoxy) is 1. The summed E-state index contributed by atoms with van der Waals surface area (Å²) >= 11 is 1.32. The summed E-state index contributed by atoms with van der Waals surface area (Å²) in [5.41, 5.74) is 0.756. The van der Waals surface area contributed by atoms with Gasteiger partial charge in [-0.2, -0.15) is 0 Å². The fourth-order valence-electron chi connectivity index (χ4n) is 0.545. The molecule has 1 rings (SSSR count). The quantitative estimate of drug-likeness (QED) is 0.521. The van der Waals surface area contributed by atoms with E-state index < -0.39 is 0 Å². The van der Waals surface area contributed by atoms with Gasteiger partial charge >= 0.3 is 0 Å². The fraction of sp³-hybridized carbons (Fsp3) is 0.333. The minimum absolute atomic E-state index is 0.205. The van der Waals surface area contributed by atoms with Gasteiger partial charge in [0, 0.05) is 5.38 Å². The number of hydrogen-bond acceptors (Lipinski definition) is 4. The van der Waals surface area contributed by atoms with Gasteiger partial charge in [-0.3, -0.25) is 5.41 Å². The van der Waals surface area contributed by atoms with Crippen molar-refractivity contribution in [3.8, 4) is 0 Å². The van der Waals surface area contributed by atoms with Crippen LogP contribution in [0.5, 0.6) is 0 Å². The van der Waals surface area contributed by atoms with Crippen LogP contribution in [0.25, 0.3) is 0 Å². The van der Waals surface area contributed by atoms with Crippen LogP contribution in [-0.2, 0) is 4.74 Å². The third kappa shape index (κ3) is 1.54. The van der Waals surface area contributed by atoms with E-state index in [1.54, 1.807) is 11.6 Å². The lowest BCUT2D eigenvalue weighted by molar-refractivity contribution is 0.326. The molecule has 1 aromatic heterocycles. The van der Waals surface area contributed by atoms with Gasteiger partial charge in [0.15, 0.2) is 0 Å². The van der Waals surface area contributed by atoms with Gasteiger partial charge in [-0.1, -0.05) is 0 Å². The van der Waals surface area contributed by atoms with E-state index in [0.29, 0.717) is 6.61 Å². The van der Waals surface area contributed by atoms with Crippen LogP contribution in [-0.4, -0.2) is 16.9 Å². The number of nitrogens with one attached hydrogen (secondary N) is 1. The molecular formula is C6H8N2OS. The summed E-state index contributed by atoms with van der Waals surface area (Å²) in [4.78, 5) is 0. The van der Waals surface area contributed by atoms with Gasteiger partial charge in [-0.05, 0) is 18.5 Å². The molecule has 54 valence electrons. The Labute approximate surface area is 63.3 Å². The fourth-order valence-corrected chi connectivity index (χ4v) is 1.06. The highest BCUT2D eigenvalue weighted by Crippen LogP contribution is 2.02. The molecule has 0 aromatic carbocycles. The average molecular weight is 156 g/mol. The van der Waals surface area contributed by atoms with E-state index in [2.05, 4.69) is 4.37 Å². The Morgan fingerprint density at radius 2 is 2.70 bits per heavy atom. The van der Waals surface area contributed by atoms with Gasteiger partial charge in [-0.15, -0.1) is 0 Å². The maximum atomic E-state index is 7.29. The summed E-state index contributed by atoms with van der Waals surface area (Å²) in [6, 6.07) is 0. The van der Waals surface area contributed by atoms with Crippen LogP contribution in [0.15, 0.2) is 11.6 Å². The SMILES string of the molecule is CCOC(=N)c1cnsc1. The molecule has 0 fully saturated rings. The molecule has 0 aliphatic heterocycles. The van der Waals surface area contributed by atoms with Gasteiger partial charge in [0.1, 0.15) is 0 Å². The van der Waals surface area contributed by atoms with Crippen molar-refractivity contribution < 1.29 is 4.74 Å². The van der Waals surface area contributed by atoms with E-state index >= 15 is 0 Å². The molecule has 0 radical (unpaired) electrons. The molecule has 0 saturated carbocycles. The Bertz CT molecular complexity index is 208. The lowest BCUT2D eigenvalue weighted by Gasteiger charge is -1.99. The molecule has 0 amide bonds. The van der Waals surface area contributed by atoms with Crippen LogP contribution in [0.1, 0.15) is 12.5 Å². The predicted octanol–water partition coefficient (Wildman–Crippen LogP) is 1.50. The first-order chi connectivity index (χ1) is 4.84. The standard InChI is InChI=1S/C6H8N2OS/c1-2-9-6(7)5-3-8-10-4-5/h3-4,7H,2H2,1H3. The first-order valence-electron chi connectivity index (χ1n) is 2.95. The summed E-state index contributed by atoms with van der Waals surface area (Å²) in [6.45, 7) is 2.39. The molecule has 0 saturated heterocycles. The highest BCUT2D eigenvalue weighted by atomic mass is 32.1. The largest absolute Gasteiger partial charge is 0.478 e. The maximum Gasteiger partial charge on any atom is 0.215 e. The third-order valence-corrected chi connectivity index (χ3v) is 1.57. The molecule has 4 heteroatoms. The number of hydrogen-bond donors (Lipinski definition) is 1. The molecule has 0 aliphatic rings. The van der Waals surface area contributed by atoms with Crippen molar-refractivity contribution in [2.45, 2.75) is 6.92 Å². The number of rotatable bonds is 2. The van der Waals surface area contributed by atoms with Gasteiger partial charge < -0.3 is 4.74 Å². The zero-order valence-electron chi connectivity index (χ0n) is 5.63. The Morgan fingerprint density at radius 1 is 1.90 bits per heavy atom. The molecule has 3 nitrogen and oxygen atoms in total. The van der Waals surface area contributed by atoms with Crippen molar-refractivity contribution in [3.63, 3.8) is 0 Å². The molecular weight excluding hydrogens is 148 g/mol. The Morgan fingerprint density at radius 3 is 3.20 bits per heavy atom. The summed E-state index contributed by atoms with van der Waals surface area (Å²) in [5, 5.41) is 9.08. The van der Waals surface area contributed by atoms with Gasteiger partial charge in [0.25, 0.3) is 0 Å². The van der Waals surface area contributed by atoms with Gasteiger partial charge in [0.2, 0.25) is 5.90 Å². The zero-order chi connectivity index (χ0) is 7.40. The first-order valence-corrected chi connectivity index (χ1v) is 3.79. The van der Waals surface area contributed by atoms with Gasteiger partial charge in [0.05, 0.1) is 18.4 Å². The summed E-state index contributed by atoms with van der Waals surface area (Å²) in [5.74, 6) is 0.205. The smallest absolute Gasteiger partial charge is 0.215 e. The van der Waals surface area contributed by atoms with E-state index in [9.17, 15) is 0 Å². The van der Waals surface area contributed by atoms with Crippen molar-refractivity contribution in [2.75, 3.05) is 6.61 Å². The Hall–Kier alpha value is -0.900. The van der Waals surface area contributed by atoms with E-state index in [1.165, 1.54) is 11.5 Å². The first kappa shape index (κ1) is 7.21. The molecule has 0 spiro atoms. The monoisotopic (exact) mass is 156 g/mol. The van der Waals surface area contributed by atoms with E-state index in [1.807, 2.05) is 6.92 Å².